The summed E-state index contributed by atoms with van der Waals surface area (Å²) >= 11 is 0. The Balaban J connectivity index is 1.74. The van der Waals surface area contributed by atoms with Crippen molar-refractivity contribution in [2.75, 3.05) is 20.2 Å². The second kappa shape index (κ2) is 6.95. The molecule has 1 fully saturated rings. The smallest absolute Gasteiger partial charge is 0.119 e. The molecule has 0 aromatic heterocycles. The molecule has 0 unspecified atom stereocenters. The Bertz CT molecular complexity index is 396. The van der Waals surface area contributed by atoms with Gasteiger partial charge in [0, 0.05) is 12.6 Å². The Hall–Kier alpha value is -1.02. The summed E-state index contributed by atoms with van der Waals surface area (Å²) in [5.74, 6) is 1.00. The van der Waals surface area contributed by atoms with E-state index in [1.54, 1.807) is 0 Å². The second-order valence-corrected chi connectivity index (χ2v) is 5.87. The highest BCUT2D eigenvalue weighted by molar-refractivity contribution is 5.33. The summed E-state index contributed by atoms with van der Waals surface area (Å²) in [4.78, 5) is 2.47. The van der Waals surface area contributed by atoms with Crippen LogP contribution in [0.4, 0.5) is 0 Å². The summed E-state index contributed by atoms with van der Waals surface area (Å²) in [5, 5.41) is 0. The van der Waals surface area contributed by atoms with Crippen molar-refractivity contribution in [1.29, 1.82) is 0 Å². The van der Waals surface area contributed by atoms with Gasteiger partial charge in [-0.2, -0.15) is 0 Å². The van der Waals surface area contributed by atoms with Gasteiger partial charge < -0.3 is 9.64 Å². The van der Waals surface area contributed by atoms with Gasteiger partial charge in [-0.15, -0.1) is 0 Å². The molecule has 2 heteroatoms. The average molecular weight is 261 g/mol. The molecule has 19 heavy (non-hydrogen) atoms. The Kier molecular flexibility index (Phi) is 5.26. The van der Waals surface area contributed by atoms with E-state index >= 15 is 0 Å². The van der Waals surface area contributed by atoms with Crippen LogP contribution >= 0.6 is 0 Å². The summed E-state index contributed by atoms with van der Waals surface area (Å²) in [6.45, 7) is 6.08. The first kappa shape index (κ1) is 14.4. The molecular weight excluding hydrogens is 234 g/mol. The van der Waals surface area contributed by atoms with E-state index in [4.69, 9.17) is 4.74 Å². The van der Waals surface area contributed by atoms with Gasteiger partial charge in [-0.1, -0.05) is 25.3 Å². The number of nitrogens with zero attached hydrogens (tertiary/aromatic N) is 1. The molecule has 0 bridgehead atoms. The van der Waals surface area contributed by atoms with Gasteiger partial charge in [0.25, 0.3) is 0 Å². The van der Waals surface area contributed by atoms with Crippen LogP contribution in [0.25, 0.3) is 0 Å². The molecule has 2 nitrogen and oxygen atoms in total. The van der Waals surface area contributed by atoms with Crippen molar-refractivity contribution in [1.82, 2.24) is 4.90 Å². The number of hydrogen-bond donors (Lipinski definition) is 0. The third-order valence-corrected chi connectivity index (χ3v) is 4.39. The van der Waals surface area contributed by atoms with Crippen LogP contribution in [0.15, 0.2) is 18.2 Å². The zero-order chi connectivity index (χ0) is 13.7. The maximum absolute atomic E-state index is 5.86. The highest BCUT2D eigenvalue weighted by atomic mass is 16.5. The molecule has 0 saturated heterocycles. The van der Waals surface area contributed by atoms with E-state index in [0.717, 1.165) is 24.9 Å². The largest absolute Gasteiger partial charge is 0.492 e. The number of likely N-dealkylation sites (N-methyl/N-ethyl adjacent to an activating group) is 1. The third-order valence-electron chi connectivity index (χ3n) is 4.39. The lowest BCUT2D eigenvalue weighted by Gasteiger charge is -2.31. The first-order valence-corrected chi connectivity index (χ1v) is 7.57. The number of rotatable bonds is 5. The number of aryl methyl sites for hydroxylation is 2. The summed E-state index contributed by atoms with van der Waals surface area (Å²) < 4.78 is 5.86. The third kappa shape index (κ3) is 4.24. The molecule has 0 N–H and O–H groups in total. The van der Waals surface area contributed by atoms with E-state index in [1.807, 2.05) is 0 Å². The fourth-order valence-corrected chi connectivity index (χ4v) is 2.82. The minimum absolute atomic E-state index is 0.775. The summed E-state index contributed by atoms with van der Waals surface area (Å²) in [6.07, 6.45) is 6.93. The maximum Gasteiger partial charge on any atom is 0.119 e. The van der Waals surface area contributed by atoms with Gasteiger partial charge in [-0.25, -0.2) is 0 Å². The summed E-state index contributed by atoms with van der Waals surface area (Å²) in [7, 11) is 2.24. The van der Waals surface area contributed by atoms with E-state index in [9.17, 15) is 0 Å². The maximum atomic E-state index is 5.86. The molecule has 0 aliphatic heterocycles. The molecule has 0 spiro atoms. The van der Waals surface area contributed by atoms with Crippen molar-refractivity contribution in [3.05, 3.63) is 29.3 Å². The summed E-state index contributed by atoms with van der Waals surface area (Å²) in [6, 6.07) is 7.12. The first-order chi connectivity index (χ1) is 9.16. The van der Waals surface area contributed by atoms with Crippen LogP contribution < -0.4 is 4.74 Å². The predicted molar refractivity (Wildman–Crippen MR) is 80.9 cm³/mol. The highest BCUT2D eigenvalue weighted by Crippen LogP contribution is 2.21. The van der Waals surface area contributed by atoms with Crippen LogP contribution in [0.2, 0.25) is 0 Å². The lowest BCUT2D eigenvalue weighted by molar-refractivity contribution is 0.160. The van der Waals surface area contributed by atoms with Crippen molar-refractivity contribution >= 4 is 0 Å². The van der Waals surface area contributed by atoms with Crippen molar-refractivity contribution in [2.45, 2.75) is 52.0 Å². The average Bonchev–Trinajstić information content (AvgIpc) is 2.43. The lowest BCUT2D eigenvalue weighted by Crippen LogP contribution is -2.36. The minimum atomic E-state index is 0.775. The molecule has 0 heterocycles. The van der Waals surface area contributed by atoms with Gasteiger partial charge in [0.15, 0.2) is 0 Å². The van der Waals surface area contributed by atoms with Gasteiger partial charge in [-0.05, 0) is 57.0 Å². The zero-order valence-corrected chi connectivity index (χ0v) is 12.6. The van der Waals surface area contributed by atoms with Gasteiger partial charge in [0.05, 0.1) is 0 Å². The first-order valence-electron chi connectivity index (χ1n) is 7.57. The SMILES string of the molecule is Cc1ccc(OCCN(C)C2CCCCC2)cc1C. The lowest BCUT2D eigenvalue weighted by atomic mass is 9.94. The van der Waals surface area contributed by atoms with Crippen molar-refractivity contribution in [3.8, 4) is 5.75 Å². The van der Waals surface area contributed by atoms with Crippen LogP contribution in [0.1, 0.15) is 43.2 Å². The highest BCUT2D eigenvalue weighted by Gasteiger charge is 2.17. The molecule has 1 aliphatic rings. The van der Waals surface area contributed by atoms with Gasteiger partial charge in [0.1, 0.15) is 12.4 Å². The molecule has 1 aliphatic carbocycles. The fourth-order valence-electron chi connectivity index (χ4n) is 2.82. The summed E-state index contributed by atoms with van der Waals surface area (Å²) in [5.41, 5.74) is 2.63. The van der Waals surface area contributed by atoms with Crippen molar-refractivity contribution in [2.24, 2.45) is 0 Å². The molecule has 1 saturated carbocycles. The van der Waals surface area contributed by atoms with Gasteiger partial charge >= 0.3 is 0 Å². The Morgan fingerprint density at radius 2 is 1.84 bits per heavy atom. The van der Waals surface area contributed by atoms with Crippen LogP contribution in [-0.2, 0) is 0 Å². The Morgan fingerprint density at radius 3 is 2.53 bits per heavy atom. The standard InChI is InChI=1S/C17H27NO/c1-14-9-10-17(13-15(14)2)19-12-11-18(3)16-7-5-4-6-8-16/h9-10,13,16H,4-8,11-12H2,1-3H3. The van der Waals surface area contributed by atoms with E-state index in [-0.39, 0.29) is 0 Å². The molecular formula is C17H27NO. The molecule has 106 valence electrons. The van der Waals surface area contributed by atoms with E-state index in [2.05, 4.69) is 44.0 Å². The van der Waals surface area contributed by atoms with Crippen LogP contribution in [0.5, 0.6) is 5.75 Å². The molecule has 1 aromatic rings. The second-order valence-electron chi connectivity index (χ2n) is 5.87. The molecule has 2 rings (SSSR count). The van der Waals surface area contributed by atoms with E-state index in [0.29, 0.717) is 0 Å². The number of hydrogen-bond acceptors (Lipinski definition) is 2. The van der Waals surface area contributed by atoms with E-state index < -0.39 is 0 Å². The topological polar surface area (TPSA) is 12.5 Å². The van der Waals surface area contributed by atoms with Crippen LogP contribution in [0, 0.1) is 13.8 Å². The quantitative estimate of drug-likeness (QED) is 0.796. The Labute approximate surface area is 117 Å². The molecule has 1 aromatic carbocycles. The fraction of sp³-hybridized carbons (Fsp3) is 0.647. The van der Waals surface area contributed by atoms with Gasteiger partial charge in [-0.3, -0.25) is 0 Å². The van der Waals surface area contributed by atoms with Gasteiger partial charge in [0.2, 0.25) is 0 Å². The van der Waals surface area contributed by atoms with Crippen LogP contribution in [0.3, 0.4) is 0 Å². The van der Waals surface area contributed by atoms with Crippen molar-refractivity contribution in [3.63, 3.8) is 0 Å². The van der Waals surface area contributed by atoms with Crippen LogP contribution in [-0.4, -0.2) is 31.1 Å². The molecule has 0 atom stereocenters. The van der Waals surface area contributed by atoms with E-state index in [1.165, 1.54) is 43.2 Å². The molecule has 0 amide bonds. The van der Waals surface area contributed by atoms with Crippen molar-refractivity contribution < 1.29 is 4.74 Å². The minimum Gasteiger partial charge on any atom is -0.492 e. The monoisotopic (exact) mass is 261 g/mol. The predicted octanol–water partition coefficient (Wildman–Crippen LogP) is 3.95. The number of benzene rings is 1. The number of ether oxygens (including phenoxy) is 1. The Morgan fingerprint density at radius 1 is 1.11 bits per heavy atom. The normalized spacial score (nSPS) is 16.8. The molecule has 0 radical (unpaired) electrons. The zero-order valence-electron chi connectivity index (χ0n) is 12.6.